The zero-order valence-corrected chi connectivity index (χ0v) is 16.3. The highest BCUT2D eigenvalue weighted by molar-refractivity contribution is 5.95. The second-order valence-electron chi connectivity index (χ2n) is 7.64. The van der Waals surface area contributed by atoms with Crippen molar-refractivity contribution in [3.63, 3.8) is 0 Å². The molecule has 0 radical (unpaired) electrons. The van der Waals surface area contributed by atoms with Gasteiger partial charge in [0.2, 0.25) is 11.8 Å². The van der Waals surface area contributed by atoms with Gasteiger partial charge in [-0.1, -0.05) is 52.8 Å². The van der Waals surface area contributed by atoms with Crippen LogP contribution < -0.4 is 5.32 Å². The maximum atomic E-state index is 12.9. The van der Waals surface area contributed by atoms with Crippen LogP contribution >= 0.6 is 0 Å². The second-order valence-corrected chi connectivity index (χ2v) is 7.64. The van der Waals surface area contributed by atoms with Crippen molar-refractivity contribution in [2.75, 3.05) is 18.4 Å². The quantitative estimate of drug-likeness (QED) is 0.854. The van der Waals surface area contributed by atoms with E-state index in [1.54, 1.807) is 0 Å². The van der Waals surface area contributed by atoms with Crippen molar-refractivity contribution in [3.8, 4) is 0 Å². The molecule has 138 valence electrons. The first kappa shape index (κ1) is 19.5. The number of piperidine rings is 1. The van der Waals surface area contributed by atoms with E-state index in [0.29, 0.717) is 24.8 Å². The van der Waals surface area contributed by atoms with E-state index >= 15 is 0 Å². The minimum Gasteiger partial charge on any atom is -0.342 e. The Balaban J connectivity index is 2.21. The van der Waals surface area contributed by atoms with Crippen LogP contribution in [0, 0.1) is 5.92 Å². The molecule has 1 aromatic carbocycles. The molecule has 2 rings (SSSR count). The smallest absolute Gasteiger partial charge is 0.229 e. The lowest BCUT2D eigenvalue weighted by atomic mass is 9.91. The lowest BCUT2D eigenvalue weighted by molar-refractivity contribution is -0.134. The van der Waals surface area contributed by atoms with Gasteiger partial charge in [0.25, 0.3) is 0 Å². The first-order valence-electron chi connectivity index (χ1n) is 9.56. The second kappa shape index (κ2) is 8.50. The highest BCUT2D eigenvalue weighted by atomic mass is 16.2. The van der Waals surface area contributed by atoms with Gasteiger partial charge in [0.1, 0.15) is 0 Å². The number of likely N-dealkylation sites (tertiary alicyclic amines) is 1. The molecule has 1 saturated heterocycles. The molecule has 1 atom stereocenters. The summed E-state index contributed by atoms with van der Waals surface area (Å²) < 4.78 is 0. The molecule has 1 aromatic rings. The Morgan fingerprint density at radius 2 is 1.76 bits per heavy atom. The molecule has 1 aliphatic rings. The van der Waals surface area contributed by atoms with Crippen molar-refractivity contribution in [2.24, 2.45) is 5.92 Å². The van der Waals surface area contributed by atoms with Gasteiger partial charge >= 0.3 is 0 Å². The van der Waals surface area contributed by atoms with E-state index in [9.17, 15) is 9.59 Å². The van der Waals surface area contributed by atoms with Crippen molar-refractivity contribution in [1.82, 2.24) is 4.90 Å². The predicted octanol–water partition coefficient (Wildman–Crippen LogP) is 4.52. The number of anilines is 1. The first-order valence-corrected chi connectivity index (χ1v) is 9.56. The number of hydrogen-bond acceptors (Lipinski definition) is 2. The molecule has 0 unspecified atom stereocenters. The number of amides is 2. The number of nitrogens with one attached hydrogen (secondary N) is 1. The van der Waals surface area contributed by atoms with E-state index in [2.05, 4.69) is 51.2 Å². The van der Waals surface area contributed by atoms with Crippen LogP contribution in [0.2, 0.25) is 0 Å². The molecule has 1 aliphatic heterocycles. The van der Waals surface area contributed by atoms with E-state index in [1.807, 2.05) is 11.8 Å². The topological polar surface area (TPSA) is 49.4 Å². The molecule has 1 heterocycles. The third-order valence-electron chi connectivity index (χ3n) is 5.07. The Bertz CT molecular complexity index is 596. The summed E-state index contributed by atoms with van der Waals surface area (Å²) >= 11 is 0. The van der Waals surface area contributed by atoms with Crippen LogP contribution in [0.4, 0.5) is 5.69 Å². The fourth-order valence-corrected chi connectivity index (χ4v) is 3.56. The number of rotatable bonds is 5. The molecular formula is C21H32N2O2. The van der Waals surface area contributed by atoms with E-state index in [-0.39, 0.29) is 17.7 Å². The number of hydrogen-bond donors (Lipinski definition) is 1. The molecule has 4 heteroatoms. The van der Waals surface area contributed by atoms with Crippen LogP contribution in [0.5, 0.6) is 0 Å². The van der Waals surface area contributed by atoms with Crippen molar-refractivity contribution < 1.29 is 9.59 Å². The van der Waals surface area contributed by atoms with Gasteiger partial charge in [-0.05, 0) is 35.8 Å². The molecule has 0 bridgehead atoms. The SMILES string of the molecule is CCC(=O)N1CCC[C@@H](C(=O)Nc2c(C(C)C)cccc2C(C)C)C1. The normalized spacial score (nSPS) is 17.9. The summed E-state index contributed by atoms with van der Waals surface area (Å²) in [5, 5.41) is 3.21. The first-order chi connectivity index (χ1) is 11.8. The fraction of sp³-hybridized carbons (Fsp3) is 0.619. The maximum Gasteiger partial charge on any atom is 0.229 e. The minimum atomic E-state index is -0.121. The number of carbonyl (C=O) groups is 2. The van der Waals surface area contributed by atoms with E-state index in [4.69, 9.17) is 0 Å². The summed E-state index contributed by atoms with van der Waals surface area (Å²) in [6.45, 7) is 11.8. The molecule has 4 nitrogen and oxygen atoms in total. The number of para-hydroxylation sites is 1. The van der Waals surface area contributed by atoms with Crippen molar-refractivity contribution in [3.05, 3.63) is 29.3 Å². The summed E-state index contributed by atoms with van der Waals surface area (Å²) in [7, 11) is 0. The van der Waals surface area contributed by atoms with Crippen molar-refractivity contribution >= 4 is 17.5 Å². The molecule has 0 spiro atoms. The van der Waals surface area contributed by atoms with Gasteiger partial charge in [-0.25, -0.2) is 0 Å². The standard InChI is InChI=1S/C21H32N2O2/c1-6-19(24)23-12-8-9-16(13-23)21(25)22-20-17(14(2)3)10-7-11-18(20)15(4)5/h7,10-11,14-16H,6,8-9,12-13H2,1-5H3,(H,22,25)/t16-/m1/s1. The van der Waals surface area contributed by atoms with Gasteiger partial charge in [0.05, 0.1) is 5.92 Å². The van der Waals surface area contributed by atoms with Crippen LogP contribution in [0.15, 0.2) is 18.2 Å². The lowest BCUT2D eigenvalue weighted by Gasteiger charge is -2.32. The van der Waals surface area contributed by atoms with Gasteiger partial charge < -0.3 is 10.2 Å². The fourth-order valence-electron chi connectivity index (χ4n) is 3.56. The number of nitrogens with zero attached hydrogens (tertiary/aromatic N) is 1. The van der Waals surface area contributed by atoms with Gasteiger partial charge in [-0.15, -0.1) is 0 Å². The molecule has 1 fully saturated rings. The van der Waals surface area contributed by atoms with E-state index in [0.717, 1.165) is 25.1 Å². The van der Waals surface area contributed by atoms with Crippen LogP contribution in [0.1, 0.15) is 76.8 Å². The minimum absolute atomic E-state index is 0.0450. The van der Waals surface area contributed by atoms with Crippen LogP contribution in [-0.4, -0.2) is 29.8 Å². The Labute approximate surface area is 152 Å². The Morgan fingerprint density at radius 1 is 1.16 bits per heavy atom. The van der Waals surface area contributed by atoms with Gasteiger partial charge in [-0.2, -0.15) is 0 Å². The van der Waals surface area contributed by atoms with Crippen LogP contribution in [0.3, 0.4) is 0 Å². The zero-order chi connectivity index (χ0) is 18.6. The van der Waals surface area contributed by atoms with E-state index < -0.39 is 0 Å². The third-order valence-corrected chi connectivity index (χ3v) is 5.07. The summed E-state index contributed by atoms with van der Waals surface area (Å²) in [5.74, 6) is 0.757. The molecule has 0 aromatic heterocycles. The Morgan fingerprint density at radius 3 is 2.28 bits per heavy atom. The predicted molar refractivity (Wildman–Crippen MR) is 103 cm³/mol. The average molecular weight is 344 g/mol. The maximum absolute atomic E-state index is 12.9. The zero-order valence-electron chi connectivity index (χ0n) is 16.3. The Kier molecular flexibility index (Phi) is 6.63. The monoisotopic (exact) mass is 344 g/mol. The molecule has 25 heavy (non-hydrogen) atoms. The molecule has 2 amide bonds. The van der Waals surface area contributed by atoms with Crippen LogP contribution in [-0.2, 0) is 9.59 Å². The lowest BCUT2D eigenvalue weighted by Crippen LogP contribution is -2.43. The van der Waals surface area contributed by atoms with Gasteiger partial charge in [-0.3, -0.25) is 9.59 Å². The average Bonchev–Trinajstić information content (AvgIpc) is 2.60. The number of carbonyl (C=O) groups excluding carboxylic acids is 2. The summed E-state index contributed by atoms with van der Waals surface area (Å²) in [6.07, 6.45) is 2.24. The van der Waals surface area contributed by atoms with Crippen molar-refractivity contribution in [1.29, 1.82) is 0 Å². The van der Waals surface area contributed by atoms with Crippen LogP contribution in [0.25, 0.3) is 0 Å². The molecule has 0 aliphatic carbocycles. The highest BCUT2D eigenvalue weighted by Crippen LogP contribution is 2.33. The van der Waals surface area contributed by atoms with Crippen molar-refractivity contribution in [2.45, 2.75) is 65.7 Å². The number of benzene rings is 1. The highest BCUT2D eigenvalue weighted by Gasteiger charge is 2.28. The third kappa shape index (κ3) is 4.62. The Hall–Kier alpha value is -1.84. The summed E-state index contributed by atoms with van der Waals surface area (Å²) in [6, 6.07) is 6.27. The van der Waals surface area contributed by atoms with E-state index in [1.165, 1.54) is 11.1 Å². The largest absolute Gasteiger partial charge is 0.342 e. The summed E-state index contributed by atoms with van der Waals surface area (Å²) in [4.78, 5) is 26.7. The summed E-state index contributed by atoms with van der Waals surface area (Å²) in [5.41, 5.74) is 3.32. The molecule has 1 N–H and O–H groups in total. The van der Waals surface area contributed by atoms with Gasteiger partial charge in [0.15, 0.2) is 0 Å². The molecule has 0 saturated carbocycles. The molecular weight excluding hydrogens is 312 g/mol. The van der Waals surface area contributed by atoms with Gasteiger partial charge in [0, 0.05) is 25.2 Å².